The van der Waals surface area contributed by atoms with Crippen LogP contribution in [0.2, 0.25) is 0 Å². The zero-order valence-corrected chi connectivity index (χ0v) is 13.3. The number of aromatic amines is 1. The topological polar surface area (TPSA) is 92.7 Å². The van der Waals surface area contributed by atoms with Gasteiger partial charge in [-0.15, -0.1) is 0 Å². The number of rotatable bonds is 7. The maximum atomic E-state index is 12.2. The maximum Gasteiger partial charge on any atom is 0.282 e. The van der Waals surface area contributed by atoms with Crippen molar-refractivity contribution in [3.8, 4) is 0 Å². The number of anilines is 1. The number of hydrogen-bond donors (Lipinski definition) is 2. The van der Waals surface area contributed by atoms with Crippen molar-refractivity contribution in [3.05, 3.63) is 24.3 Å². The highest BCUT2D eigenvalue weighted by atomic mass is 32.2. The number of imidazole rings is 1. The smallest absolute Gasteiger partial charge is 0.282 e. The molecule has 116 valence electrons. The van der Waals surface area contributed by atoms with Crippen molar-refractivity contribution in [1.29, 1.82) is 0 Å². The van der Waals surface area contributed by atoms with Gasteiger partial charge in [0.05, 0.1) is 6.33 Å². The highest BCUT2D eigenvalue weighted by Gasteiger charge is 2.19. The lowest BCUT2D eigenvalue weighted by Gasteiger charge is -2.04. The van der Waals surface area contributed by atoms with Gasteiger partial charge in [-0.25, -0.2) is 4.98 Å². The van der Waals surface area contributed by atoms with Crippen molar-refractivity contribution >= 4 is 15.8 Å². The lowest BCUT2D eigenvalue weighted by Crippen LogP contribution is -2.13. The largest absolute Gasteiger partial charge is 0.334 e. The number of H-pyrrole nitrogens is 1. The molecule has 0 spiro atoms. The number of unbranched alkanes of at least 4 members (excludes halogenated alkanes) is 1. The van der Waals surface area contributed by atoms with Gasteiger partial charge in [0.25, 0.3) is 10.0 Å². The zero-order valence-electron chi connectivity index (χ0n) is 12.5. The Hall–Kier alpha value is -1.83. The van der Waals surface area contributed by atoms with Gasteiger partial charge in [0.15, 0.2) is 10.8 Å². The molecule has 0 saturated carbocycles. The minimum absolute atomic E-state index is 0.00527. The highest BCUT2D eigenvalue weighted by molar-refractivity contribution is 7.92. The van der Waals surface area contributed by atoms with E-state index in [9.17, 15) is 8.42 Å². The normalized spacial score (nSPS) is 12.0. The van der Waals surface area contributed by atoms with Crippen LogP contribution in [-0.4, -0.2) is 28.2 Å². The van der Waals surface area contributed by atoms with E-state index in [-0.39, 0.29) is 11.1 Å². The molecule has 0 aliphatic rings. The molecule has 0 aliphatic heterocycles. The van der Waals surface area contributed by atoms with E-state index in [1.54, 1.807) is 10.6 Å². The van der Waals surface area contributed by atoms with E-state index in [1.165, 1.54) is 12.5 Å². The Morgan fingerprint density at radius 3 is 2.81 bits per heavy atom. The molecular weight excluding hydrogens is 290 g/mol. The fourth-order valence-corrected chi connectivity index (χ4v) is 2.77. The van der Waals surface area contributed by atoms with Crippen LogP contribution in [0.1, 0.15) is 45.3 Å². The number of aromatic nitrogens is 4. The second-order valence-corrected chi connectivity index (χ2v) is 6.87. The minimum Gasteiger partial charge on any atom is -0.334 e. The molecule has 8 heteroatoms. The van der Waals surface area contributed by atoms with Gasteiger partial charge in [-0.1, -0.05) is 13.3 Å². The first-order chi connectivity index (χ1) is 9.92. The molecular formula is C13H21N5O2S. The molecule has 2 N–H and O–H groups in total. The van der Waals surface area contributed by atoms with Gasteiger partial charge in [0, 0.05) is 24.0 Å². The minimum atomic E-state index is -3.70. The third-order valence-corrected chi connectivity index (χ3v) is 4.36. The van der Waals surface area contributed by atoms with Gasteiger partial charge >= 0.3 is 0 Å². The van der Waals surface area contributed by atoms with E-state index in [4.69, 9.17) is 0 Å². The highest BCUT2D eigenvalue weighted by Crippen LogP contribution is 2.15. The van der Waals surface area contributed by atoms with Crippen molar-refractivity contribution < 1.29 is 8.42 Å². The van der Waals surface area contributed by atoms with Gasteiger partial charge in [-0.2, -0.15) is 13.5 Å². The van der Waals surface area contributed by atoms with Crippen molar-refractivity contribution in [3.63, 3.8) is 0 Å². The summed E-state index contributed by atoms with van der Waals surface area (Å²) in [4.78, 5) is 3.94. The Morgan fingerprint density at radius 2 is 2.19 bits per heavy atom. The van der Waals surface area contributed by atoms with Gasteiger partial charge < -0.3 is 4.57 Å². The molecule has 21 heavy (non-hydrogen) atoms. The fourth-order valence-electron chi connectivity index (χ4n) is 1.84. The summed E-state index contributed by atoms with van der Waals surface area (Å²) in [5.41, 5.74) is 0.919. The standard InChI is InChI=1S/C13H21N5O2S/c1-4-5-6-11-7-12(16-15-11)17-21(19,20)13-8-18(9-14-13)10(2)3/h7-10H,4-6H2,1-3H3,(H2,15,16,17). The molecule has 2 aromatic heterocycles. The van der Waals surface area contributed by atoms with E-state index in [0.717, 1.165) is 25.0 Å². The van der Waals surface area contributed by atoms with Crippen LogP contribution in [0, 0.1) is 0 Å². The first kappa shape index (κ1) is 15.6. The summed E-state index contributed by atoms with van der Waals surface area (Å²) >= 11 is 0. The van der Waals surface area contributed by atoms with Crippen LogP contribution in [0.3, 0.4) is 0 Å². The van der Waals surface area contributed by atoms with Gasteiger partial charge in [0.2, 0.25) is 0 Å². The molecule has 0 atom stereocenters. The van der Waals surface area contributed by atoms with Crippen molar-refractivity contribution in [2.45, 2.75) is 51.1 Å². The molecule has 0 fully saturated rings. The van der Waals surface area contributed by atoms with Crippen LogP contribution >= 0.6 is 0 Å². The van der Waals surface area contributed by atoms with Crippen LogP contribution < -0.4 is 4.72 Å². The van der Waals surface area contributed by atoms with Crippen molar-refractivity contribution in [2.75, 3.05) is 4.72 Å². The summed E-state index contributed by atoms with van der Waals surface area (Å²) in [6.07, 6.45) is 5.99. The lowest BCUT2D eigenvalue weighted by molar-refractivity contribution is 0.591. The molecule has 2 heterocycles. The number of hydrogen-bond acceptors (Lipinski definition) is 4. The molecule has 0 aromatic carbocycles. The van der Waals surface area contributed by atoms with Gasteiger partial charge in [-0.3, -0.25) is 9.82 Å². The monoisotopic (exact) mass is 311 g/mol. The number of aryl methyl sites for hydroxylation is 1. The SMILES string of the molecule is CCCCc1cc(NS(=O)(=O)c2cn(C(C)C)cn2)n[nH]1. The van der Waals surface area contributed by atoms with Crippen LogP contribution in [-0.2, 0) is 16.4 Å². The first-order valence-corrected chi connectivity index (χ1v) is 8.51. The zero-order chi connectivity index (χ0) is 15.5. The fraction of sp³-hybridized carbons (Fsp3) is 0.538. The quantitative estimate of drug-likeness (QED) is 0.820. The summed E-state index contributed by atoms with van der Waals surface area (Å²) in [5, 5.41) is 6.80. The predicted molar refractivity (Wildman–Crippen MR) is 80.6 cm³/mol. The van der Waals surface area contributed by atoms with Crippen LogP contribution in [0.5, 0.6) is 0 Å². The Morgan fingerprint density at radius 1 is 1.43 bits per heavy atom. The lowest BCUT2D eigenvalue weighted by atomic mass is 10.2. The number of nitrogens with zero attached hydrogens (tertiary/aromatic N) is 3. The molecule has 0 radical (unpaired) electrons. The molecule has 0 bridgehead atoms. The average Bonchev–Trinajstić information content (AvgIpc) is 3.04. The Labute approximate surface area is 124 Å². The average molecular weight is 311 g/mol. The van der Waals surface area contributed by atoms with E-state index in [2.05, 4.69) is 26.8 Å². The van der Waals surface area contributed by atoms with Crippen molar-refractivity contribution in [2.24, 2.45) is 0 Å². The molecule has 7 nitrogen and oxygen atoms in total. The first-order valence-electron chi connectivity index (χ1n) is 7.03. The third kappa shape index (κ3) is 3.84. The van der Waals surface area contributed by atoms with Crippen molar-refractivity contribution in [1.82, 2.24) is 19.7 Å². The molecule has 2 aromatic rings. The summed E-state index contributed by atoms with van der Waals surface area (Å²) < 4.78 is 28.6. The molecule has 0 unspecified atom stereocenters. The summed E-state index contributed by atoms with van der Waals surface area (Å²) in [6.45, 7) is 6.02. The maximum absolute atomic E-state index is 12.2. The molecule has 2 rings (SSSR count). The molecule has 0 amide bonds. The van der Waals surface area contributed by atoms with Crippen LogP contribution in [0.4, 0.5) is 5.82 Å². The van der Waals surface area contributed by atoms with Crippen LogP contribution in [0.15, 0.2) is 23.6 Å². The molecule has 0 aliphatic carbocycles. The van der Waals surface area contributed by atoms with E-state index < -0.39 is 10.0 Å². The summed E-state index contributed by atoms with van der Waals surface area (Å²) in [5.74, 6) is 0.292. The summed E-state index contributed by atoms with van der Waals surface area (Å²) in [7, 11) is -3.70. The summed E-state index contributed by atoms with van der Waals surface area (Å²) in [6, 6.07) is 1.87. The van der Waals surface area contributed by atoms with Gasteiger partial charge in [0.1, 0.15) is 0 Å². The second-order valence-electron chi connectivity index (χ2n) is 5.24. The third-order valence-electron chi connectivity index (χ3n) is 3.12. The predicted octanol–water partition coefficient (Wildman–Crippen LogP) is 2.33. The Kier molecular flexibility index (Phi) is 4.66. The number of sulfonamides is 1. The molecule has 0 saturated heterocycles. The van der Waals surface area contributed by atoms with Gasteiger partial charge in [-0.05, 0) is 26.7 Å². The Bertz CT molecular complexity index is 687. The Balaban J connectivity index is 2.11. The second kappa shape index (κ2) is 6.30. The van der Waals surface area contributed by atoms with Crippen LogP contribution in [0.25, 0.3) is 0 Å². The van der Waals surface area contributed by atoms with E-state index in [0.29, 0.717) is 5.82 Å². The number of nitrogens with one attached hydrogen (secondary N) is 2. The van der Waals surface area contributed by atoms with E-state index >= 15 is 0 Å². The van der Waals surface area contributed by atoms with E-state index in [1.807, 2.05) is 13.8 Å².